The molecular formula is C31H33N3O5. The van der Waals surface area contributed by atoms with Gasteiger partial charge in [-0.2, -0.15) is 0 Å². The Hall–Kier alpha value is -4.69. The van der Waals surface area contributed by atoms with Crippen LogP contribution < -0.4 is 15.4 Å². The maximum Gasteiger partial charge on any atom is 0.254 e. The van der Waals surface area contributed by atoms with Crippen LogP contribution in [-0.4, -0.2) is 48.9 Å². The Kier molecular flexibility index (Phi) is 11.0. The number of hydrogen-bond donors (Lipinski definition) is 2. The molecule has 202 valence electrons. The molecule has 8 nitrogen and oxygen atoms in total. The number of benzene rings is 3. The zero-order valence-electron chi connectivity index (χ0n) is 22.1. The molecule has 1 atom stereocenters. The highest BCUT2D eigenvalue weighted by Gasteiger charge is 2.23. The zero-order chi connectivity index (χ0) is 28.0. The van der Waals surface area contributed by atoms with E-state index in [9.17, 15) is 14.4 Å². The van der Waals surface area contributed by atoms with Crippen molar-refractivity contribution >= 4 is 23.4 Å². The van der Waals surface area contributed by atoms with Crippen LogP contribution >= 0.6 is 0 Å². The minimum absolute atomic E-state index is 0.0615. The summed E-state index contributed by atoms with van der Waals surface area (Å²) in [6, 6.07) is 24.0. The molecule has 0 bridgehead atoms. The minimum atomic E-state index is -0.993. The first-order valence-electron chi connectivity index (χ1n) is 12.5. The number of allylic oxidation sites excluding steroid dienone is 2. The summed E-state index contributed by atoms with van der Waals surface area (Å²) >= 11 is 0. The summed E-state index contributed by atoms with van der Waals surface area (Å²) in [5.41, 5.74) is 1.92. The van der Waals surface area contributed by atoms with Crippen LogP contribution in [0.2, 0.25) is 0 Å². The third kappa shape index (κ3) is 9.28. The molecule has 0 aliphatic carbocycles. The molecule has 0 saturated carbocycles. The maximum atomic E-state index is 13.1. The maximum absolute atomic E-state index is 13.1. The standard InChI is InChI=1S/C31H33N3O5/c1-4-26(5-2)39-27-18-16-25(17-19-27)32-30(36)28(22-38-21-23-12-8-6-9-13-23)33-29(35)20-34(3)31(37)24-14-10-7-11-15-24/h4-19,28H,1,20-22H2,2-3H3,(H,32,36)(H,33,35). The van der Waals surface area contributed by atoms with Crippen molar-refractivity contribution in [1.29, 1.82) is 0 Å². The van der Waals surface area contributed by atoms with Gasteiger partial charge in [-0.05, 0) is 61.0 Å². The van der Waals surface area contributed by atoms with Crippen LogP contribution in [0.4, 0.5) is 5.69 Å². The van der Waals surface area contributed by atoms with Crippen LogP contribution in [0.3, 0.4) is 0 Å². The molecule has 1 unspecified atom stereocenters. The Balaban J connectivity index is 1.64. The van der Waals surface area contributed by atoms with Crippen molar-refractivity contribution in [3.8, 4) is 5.75 Å². The molecule has 0 radical (unpaired) electrons. The lowest BCUT2D eigenvalue weighted by Gasteiger charge is -2.21. The summed E-state index contributed by atoms with van der Waals surface area (Å²) in [6.45, 7) is 5.53. The van der Waals surface area contributed by atoms with Gasteiger partial charge in [0.2, 0.25) is 11.8 Å². The second-order valence-corrected chi connectivity index (χ2v) is 8.66. The Morgan fingerprint density at radius 2 is 1.59 bits per heavy atom. The zero-order valence-corrected chi connectivity index (χ0v) is 22.1. The van der Waals surface area contributed by atoms with Gasteiger partial charge in [0.25, 0.3) is 5.91 Å². The van der Waals surface area contributed by atoms with E-state index in [4.69, 9.17) is 9.47 Å². The molecule has 0 aliphatic rings. The van der Waals surface area contributed by atoms with Crippen LogP contribution in [0.15, 0.2) is 109 Å². The van der Waals surface area contributed by atoms with Gasteiger partial charge in [-0.15, -0.1) is 0 Å². The predicted molar refractivity (Wildman–Crippen MR) is 151 cm³/mol. The van der Waals surface area contributed by atoms with Crippen LogP contribution in [0.25, 0.3) is 0 Å². The molecular weight excluding hydrogens is 494 g/mol. The molecule has 39 heavy (non-hydrogen) atoms. The SMILES string of the molecule is C=CC(=CC)Oc1ccc(NC(=O)C(COCc2ccccc2)NC(=O)CN(C)C(=O)c2ccccc2)cc1. The quantitative estimate of drug-likeness (QED) is 0.251. The summed E-state index contributed by atoms with van der Waals surface area (Å²) in [5.74, 6) is -0.0458. The number of anilines is 1. The van der Waals surface area contributed by atoms with Crippen molar-refractivity contribution in [3.05, 3.63) is 121 Å². The van der Waals surface area contributed by atoms with Gasteiger partial charge in [-0.3, -0.25) is 14.4 Å². The first-order chi connectivity index (χ1) is 18.9. The molecule has 0 spiro atoms. The van der Waals surface area contributed by atoms with E-state index in [-0.39, 0.29) is 25.7 Å². The van der Waals surface area contributed by atoms with Gasteiger partial charge >= 0.3 is 0 Å². The van der Waals surface area contributed by atoms with Gasteiger partial charge in [0.05, 0.1) is 19.8 Å². The highest BCUT2D eigenvalue weighted by Crippen LogP contribution is 2.18. The number of ether oxygens (including phenoxy) is 2. The molecule has 0 aliphatic heterocycles. The van der Waals surface area contributed by atoms with Crippen molar-refractivity contribution in [1.82, 2.24) is 10.2 Å². The fourth-order valence-corrected chi connectivity index (χ4v) is 3.57. The van der Waals surface area contributed by atoms with E-state index in [2.05, 4.69) is 17.2 Å². The van der Waals surface area contributed by atoms with Crippen molar-refractivity contribution < 1.29 is 23.9 Å². The summed E-state index contributed by atoms with van der Waals surface area (Å²) in [7, 11) is 1.53. The highest BCUT2D eigenvalue weighted by atomic mass is 16.5. The van der Waals surface area contributed by atoms with Gasteiger partial charge in [0.15, 0.2) is 0 Å². The summed E-state index contributed by atoms with van der Waals surface area (Å²) in [6.07, 6.45) is 3.39. The second-order valence-electron chi connectivity index (χ2n) is 8.66. The smallest absolute Gasteiger partial charge is 0.254 e. The third-order valence-electron chi connectivity index (χ3n) is 5.64. The number of nitrogens with one attached hydrogen (secondary N) is 2. The second kappa shape index (κ2) is 14.9. The van der Waals surface area contributed by atoms with Crippen LogP contribution in [-0.2, 0) is 20.9 Å². The summed E-state index contributed by atoms with van der Waals surface area (Å²) in [4.78, 5) is 39.9. The topological polar surface area (TPSA) is 97.0 Å². The van der Waals surface area contributed by atoms with Crippen molar-refractivity contribution in [2.75, 3.05) is 25.5 Å². The number of carbonyl (C=O) groups excluding carboxylic acids is 3. The van der Waals surface area contributed by atoms with Gasteiger partial charge in [-0.25, -0.2) is 0 Å². The Morgan fingerprint density at radius 1 is 0.949 bits per heavy atom. The summed E-state index contributed by atoms with van der Waals surface area (Å²) < 4.78 is 11.4. The average Bonchev–Trinajstić information content (AvgIpc) is 2.96. The Morgan fingerprint density at radius 3 is 2.21 bits per heavy atom. The largest absolute Gasteiger partial charge is 0.458 e. The van der Waals surface area contributed by atoms with E-state index in [1.165, 1.54) is 11.9 Å². The molecule has 0 aromatic heterocycles. The van der Waals surface area contributed by atoms with Crippen molar-refractivity contribution in [3.63, 3.8) is 0 Å². The molecule has 8 heteroatoms. The molecule has 3 aromatic rings. The Bertz CT molecular complexity index is 1270. The molecule has 2 N–H and O–H groups in total. The van der Waals surface area contributed by atoms with Crippen LogP contribution in [0, 0.1) is 0 Å². The summed E-state index contributed by atoms with van der Waals surface area (Å²) in [5, 5.41) is 5.50. The van der Waals surface area contributed by atoms with Gasteiger partial charge in [0.1, 0.15) is 17.6 Å². The van der Waals surface area contributed by atoms with Gasteiger partial charge < -0.3 is 25.0 Å². The Labute approximate surface area is 228 Å². The number of carbonyl (C=O) groups is 3. The number of nitrogens with zero attached hydrogens (tertiary/aromatic N) is 1. The monoisotopic (exact) mass is 527 g/mol. The lowest BCUT2D eigenvalue weighted by Crippen LogP contribution is -2.50. The molecule has 0 saturated heterocycles. The average molecular weight is 528 g/mol. The van der Waals surface area contributed by atoms with E-state index in [1.54, 1.807) is 60.7 Å². The molecule has 0 fully saturated rings. The number of amides is 3. The van der Waals surface area contributed by atoms with Gasteiger partial charge in [-0.1, -0.05) is 55.1 Å². The minimum Gasteiger partial charge on any atom is -0.458 e. The predicted octanol–water partition coefficient (Wildman–Crippen LogP) is 4.57. The number of rotatable bonds is 13. The molecule has 0 heterocycles. The fourth-order valence-electron chi connectivity index (χ4n) is 3.57. The van der Waals surface area contributed by atoms with Crippen molar-refractivity contribution in [2.45, 2.75) is 19.6 Å². The van der Waals surface area contributed by atoms with Crippen LogP contribution in [0.1, 0.15) is 22.8 Å². The lowest BCUT2D eigenvalue weighted by molar-refractivity contribution is -0.128. The van der Waals surface area contributed by atoms with E-state index < -0.39 is 17.9 Å². The van der Waals surface area contributed by atoms with Gasteiger partial charge in [0, 0.05) is 18.3 Å². The first kappa shape index (κ1) is 28.9. The van der Waals surface area contributed by atoms with Crippen molar-refractivity contribution in [2.24, 2.45) is 0 Å². The molecule has 3 rings (SSSR count). The molecule has 3 aromatic carbocycles. The number of hydrogen-bond acceptors (Lipinski definition) is 5. The highest BCUT2D eigenvalue weighted by molar-refractivity contribution is 5.99. The van der Waals surface area contributed by atoms with Crippen LogP contribution in [0.5, 0.6) is 5.75 Å². The number of likely N-dealkylation sites (N-methyl/N-ethyl adjacent to an activating group) is 1. The lowest BCUT2D eigenvalue weighted by atomic mass is 10.2. The van der Waals surface area contributed by atoms with E-state index >= 15 is 0 Å². The van der Waals surface area contributed by atoms with E-state index in [0.717, 1.165) is 5.56 Å². The van der Waals surface area contributed by atoms with E-state index in [0.29, 0.717) is 22.8 Å². The normalized spacial score (nSPS) is 11.7. The molecule has 3 amide bonds. The first-order valence-corrected chi connectivity index (χ1v) is 12.5. The third-order valence-corrected chi connectivity index (χ3v) is 5.64. The van der Waals surface area contributed by atoms with E-state index in [1.807, 2.05) is 43.3 Å². The fraction of sp³-hybridized carbons (Fsp3) is 0.194.